The van der Waals surface area contributed by atoms with E-state index in [1.54, 1.807) is 37.4 Å². The van der Waals surface area contributed by atoms with Gasteiger partial charge in [0.2, 0.25) is 0 Å². The number of nitrogens with zero attached hydrogens (tertiary/aromatic N) is 3. The fourth-order valence-electron chi connectivity index (χ4n) is 2.49. The number of nitrogens with one attached hydrogen (secondary N) is 2. The van der Waals surface area contributed by atoms with Gasteiger partial charge in [-0.1, -0.05) is 26.0 Å². The van der Waals surface area contributed by atoms with E-state index < -0.39 is 0 Å². The molecule has 27 heavy (non-hydrogen) atoms. The number of benzene rings is 1. The molecule has 0 saturated heterocycles. The minimum Gasteiger partial charge on any atom is -0.356 e. The largest absolute Gasteiger partial charge is 0.356 e. The summed E-state index contributed by atoms with van der Waals surface area (Å²) >= 11 is 1.67. The van der Waals surface area contributed by atoms with Crippen molar-refractivity contribution in [2.24, 2.45) is 4.99 Å². The maximum absolute atomic E-state index is 12.1. The van der Waals surface area contributed by atoms with E-state index in [1.165, 1.54) is 0 Å². The minimum absolute atomic E-state index is 0.0199. The lowest BCUT2D eigenvalue weighted by Crippen LogP contribution is -2.37. The number of carbonyl (C=O) groups excluding carboxylic acids is 1. The number of carbonyl (C=O) groups is 1. The topological polar surface area (TPSA) is 69.6 Å². The summed E-state index contributed by atoms with van der Waals surface area (Å²) in [4.78, 5) is 22.5. The van der Waals surface area contributed by atoms with E-state index in [2.05, 4.69) is 39.8 Å². The molecule has 0 bridgehead atoms. The van der Waals surface area contributed by atoms with Crippen molar-refractivity contribution in [1.82, 2.24) is 20.5 Å². The van der Waals surface area contributed by atoms with Gasteiger partial charge in [0.15, 0.2) is 5.96 Å². The maximum atomic E-state index is 12.1. The molecular weight excluding hydrogens is 358 g/mol. The van der Waals surface area contributed by atoms with Gasteiger partial charge in [-0.3, -0.25) is 9.79 Å². The Labute approximate surface area is 165 Å². The Morgan fingerprint density at radius 1 is 1.30 bits per heavy atom. The molecule has 0 spiro atoms. The third-order valence-corrected chi connectivity index (χ3v) is 4.94. The molecule has 0 saturated carbocycles. The average molecular weight is 388 g/mol. The van der Waals surface area contributed by atoms with Crippen molar-refractivity contribution in [2.75, 3.05) is 27.7 Å². The van der Waals surface area contributed by atoms with Crippen molar-refractivity contribution >= 4 is 23.2 Å². The normalized spacial score (nSPS) is 11.6. The van der Waals surface area contributed by atoms with Crippen LogP contribution in [0.5, 0.6) is 0 Å². The van der Waals surface area contributed by atoms with Crippen LogP contribution in [0.3, 0.4) is 0 Å². The molecule has 146 valence electrons. The summed E-state index contributed by atoms with van der Waals surface area (Å²) in [5.41, 5.74) is 2.96. The van der Waals surface area contributed by atoms with Gasteiger partial charge in [0.05, 0.1) is 12.2 Å². The zero-order valence-electron chi connectivity index (χ0n) is 16.7. The molecule has 0 atom stereocenters. The summed E-state index contributed by atoms with van der Waals surface area (Å²) in [6.45, 7) is 5.68. The van der Waals surface area contributed by atoms with Crippen LogP contribution < -0.4 is 10.6 Å². The predicted octanol–water partition coefficient (Wildman–Crippen LogP) is 2.88. The first-order valence-corrected chi connectivity index (χ1v) is 9.98. The molecule has 0 aliphatic rings. The van der Waals surface area contributed by atoms with Crippen molar-refractivity contribution in [3.8, 4) is 0 Å². The molecule has 6 nitrogen and oxygen atoms in total. The first-order chi connectivity index (χ1) is 12.9. The van der Waals surface area contributed by atoms with Crippen LogP contribution >= 0.6 is 11.3 Å². The van der Waals surface area contributed by atoms with E-state index in [-0.39, 0.29) is 5.91 Å². The Morgan fingerprint density at radius 2 is 2.07 bits per heavy atom. The number of aliphatic imine (C=N–C) groups is 1. The predicted molar refractivity (Wildman–Crippen MR) is 113 cm³/mol. The van der Waals surface area contributed by atoms with Gasteiger partial charge in [0, 0.05) is 38.6 Å². The van der Waals surface area contributed by atoms with Crippen molar-refractivity contribution in [3.63, 3.8) is 0 Å². The number of thiazole rings is 1. The monoisotopic (exact) mass is 387 g/mol. The average Bonchev–Trinajstić information content (AvgIpc) is 3.13. The number of hydrogen-bond acceptors (Lipinski definition) is 4. The van der Waals surface area contributed by atoms with E-state index in [0.29, 0.717) is 18.0 Å². The Balaban J connectivity index is 1.82. The second-order valence-electron chi connectivity index (χ2n) is 6.82. The Kier molecular flexibility index (Phi) is 7.79. The molecule has 1 heterocycles. The van der Waals surface area contributed by atoms with Crippen LogP contribution in [0.4, 0.5) is 0 Å². The van der Waals surface area contributed by atoms with Gasteiger partial charge < -0.3 is 15.5 Å². The van der Waals surface area contributed by atoms with Gasteiger partial charge in [-0.15, -0.1) is 11.3 Å². The number of guanidine groups is 1. The zero-order chi connectivity index (χ0) is 19.8. The summed E-state index contributed by atoms with van der Waals surface area (Å²) in [6, 6.07) is 7.75. The molecule has 2 N–H and O–H groups in total. The fraction of sp³-hybridized carbons (Fsp3) is 0.450. The number of rotatable bonds is 7. The number of hydrogen-bond donors (Lipinski definition) is 2. The maximum Gasteiger partial charge on any atom is 0.253 e. The number of aromatic nitrogens is 1. The highest BCUT2D eigenvalue weighted by Gasteiger charge is 2.09. The third kappa shape index (κ3) is 6.36. The summed E-state index contributed by atoms with van der Waals surface area (Å²) in [5.74, 6) is 1.21. The molecular formula is C20H29N5OS. The molecule has 1 aromatic carbocycles. The molecule has 2 rings (SSSR count). The smallest absolute Gasteiger partial charge is 0.253 e. The summed E-state index contributed by atoms with van der Waals surface area (Å²) in [7, 11) is 5.28. The van der Waals surface area contributed by atoms with Gasteiger partial charge in [-0.05, 0) is 30.0 Å². The van der Waals surface area contributed by atoms with E-state index in [4.69, 9.17) is 0 Å². The van der Waals surface area contributed by atoms with Gasteiger partial charge in [-0.25, -0.2) is 4.98 Å². The summed E-state index contributed by atoms with van der Waals surface area (Å²) in [5, 5.41) is 9.77. The first-order valence-electron chi connectivity index (χ1n) is 9.10. The van der Waals surface area contributed by atoms with Crippen LogP contribution in [0.2, 0.25) is 0 Å². The molecule has 0 unspecified atom stereocenters. The first kappa shape index (κ1) is 20.9. The Bertz CT molecular complexity index is 782. The van der Waals surface area contributed by atoms with Crippen LogP contribution in [0, 0.1) is 0 Å². The highest BCUT2D eigenvalue weighted by Crippen LogP contribution is 2.17. The van der Waals surface area contributed by atoms with Crippen molar-refractivity contribution in [3.05, 3.63) is 51.5 Å². The molecule has 7 heteroatoms. The highest BCUT2D eigenvalue weighted by molar-refractivity contribution is 7.09. The van der Waals surface area contributed by atoms with Crippen LogP contribution in [0.1, 0.15) is 46.4 Å². The zero-order valence-corrected chi connectivity index (χ0v) is 17.6. The quantitative estimate of drug-likeness (QED) is 0.566. The van der Waals surface area contributed by atoms with Crippen molar-refractivity contribution in [1.29, 1.82) is 0 Å². The second-order valence-corrected chi connectivity index (χ2v) is 7.77. The standard InChI is InChI=1S/C20H29N5OS/c1-14(2)17-13-27-18(24-17)12-23-20(21-3)22-10-9-15-7-6-8-16(11-15)19(26)25(4)5/h6-8,11,13-14H,9-10,12H2,1-5H3,(H2,21,22,23). The number of amides is 1. The SMILES string of the molecule is CN=C(NCCc1cccc(C(=O)N(C)C)c1)NCc1nc(C(C)C)cs1. The van der Waals surface area contributed by atoms with Crippen LogP contribution in [-0.4, -0.2) is 49.4 Å². The van der Waals surface area contributed by atoms with E-state index in [9.17, 15) is 4.79 Å². The second kappa shape index (κ2) is 10.1. The molecule has 1 amide bonds. The lowest BCUT2D eigenvalue weighted by atomic mass is 10.1. The van der Waals surface area contributed by atoms with Crippen molar-refractivity contribution in [2.45, 2.75) is 32.7 Å². The molecule has 0 aliphatic carbocycles. The van der Waals surface area contributed by atoms with Gasteiger partial charge in [0.25, 0.3) is 5.91 Å². The lowest BCUT2D eigenvalue weighted by Gasteiger charge is -2.13. The third-order valence-electron chi connectivity index (χ3n) is 4.08. The van der Waals surface area contributed by atoms with E-state index in [0.717, 1.165) is 35.2 Å². The molecule has 0 fully saturated rings. The lowest BCUT2D eigenvalue weighted by molar-refractivity contribution is 0.0827. The molecule has 0 aliphatic heterocycles. The molecule has 0 radical (unpaired) electrons. The summed E-state index contributed by atoms with van der Waals surface area (Å²) in [6.07, 6.45) is 0.810. The van der Waals surface area contributed by atoms with E-state index >= 15 is 0 Å². The van der Waals surface area contributed by atoms with Crippen LogP contribution in [-0.2, 0) is 13.0 Å². The fourth-order valence-corrected chi connectivity index (χ4v) is 3.39. The van der Waals surface area contributed by atoms with Crippen LogP contribution in [0.25, 0.3) is 0 Å². The van der Waals surface area contributed by atoms with Gasteiger partial charge in [0.1, 0.15) is 5.01 Å². The highest BCUT2D eigenvalue weighted by atomic mass is 32.1. The Hall–Kier alpha value is -2.41. The van der Waals surface area contributed by atoms with Gasteiger partial charge in [-0.2, -0.15) is 0 Å². The molecule has 1 aromatic heterocycles. The Morgan fingerprint density at radius 3 is 2.70 bits per heavy atom. The molecule has 2 aromatic rings. The van der Waals surface area contributed by atoms with Crippen molar-refractivity contribution < 1.29 is 4.79 Å². The minimum atomic E-state index is 0.0199. The van der Waals surface area contributed by atoms with E-state index in [1.807, 2.05) is 24.3 Å². The summed E-state index contributed by atoms with van der Waals surface area (Å²) < 4.78 is 0. The van der Waals surface area contributed by atoms with Gasteiger partial charge >= 0.3 is 0 Å². The van der Waals surface area contributed by atoms with Crippen LogP contribution in [0.15, 0.2) is 34.6 Å².